The number of rotatable bonds is 5. The van der Waals surface area contributed by atoms with Crippen LogP contribution in [-0.2, 0) is 6.54 Å². The van der Waals surface area contributed by atoms with E-state index in [0.29, 0.717) is 0 Å². The molecule has 37 heavy (non-hydrogen) atoms. The summed E-state index contributed by atoms with van der Waals surface area (Å²) >= 11 is 0. The number of carbonyl (C=O) groups excluding carboxylic acids is 1. The fraction of sp³-hybridized carbons (Fsp3) is 0.406. The Kier molecular flexibility index (Phi) is 7.52. The Labute approximate surface area is 222 Å². The molecule has 0 N–H and O–H groups in total. The van der Waals surface area contributed by atoms with E-state index in [1.54, 1.807) is 0 Å². The molecule has 5 nitrogen and oxygen atoms in total. The first-order chi connectivity index (χ1) is 17.9. The Morgan fingerprint density at radius 2 is 1.14 bits per heavy atom. The van der Waals surface area contributed by atoms with E-state index in [1.165, 1.54) is 33.6 Å². The van der Waals surface area contributed by atoms with Crippen LogP contribution in [0.3, 0.4) is 0 Å². The summed E-state index contributed by atoms with van der Waals surface area (Å²) in [6, 6.07) is 21.6. The third-order valence-electron chi connectivity index (χ3n) is 8.16. The Bertz CT molecular complexity index is 1250. The number of carbonyl (C=O) groups is 1. The lowest BCUT2D eigenvalue weighted by Crippen LogP contribution is -2.49. The smallest absolute Gasteiger partial charge is 0.254 e. The Morgan fingerprint density at radius 1 is 0.622 bits per heavy atom. The Hall–Kier alpha value is -3.31. The minimum Gasteiger partial charge on any atom is -0.369 e. The van der Waals surface area contributed by atoms with Gasteiger partial charge in [-0.15, -0.1) is 0 Å². The number of amides is 1. The van der Waals surface area contributed by atoms with Gasteiger partial charge in [-0.3, -0.25) is 9.69 Å². The molecule has 2 aliphatic heterocycles. The first kappa shape index (κ1) is 25.3. The standard InChI is InChI=1S/C32H40N4O/c1-24-9-5-7-11-30(24)34-15-13-33(14-16-34)23-28-22-29(27(4)21-26(28)3)32(37)36-19-17-35(18-20-36)31-12-8-6-10-25(31)2/h5-12,21-22H,13-20,23H2,1-4H3. The molecule has 0 aliphatic carbocycles. The quantitative estimate of drug-likeness (QED) is 0.485. The maximum absolute atomic E-state index is 13.6. The lowest BCUT2D eigenvalue weighted by molar-refractivity contribution is 0.0746. The highest BCUT2D eigenvalue weighted by Crippen LogP contribution is 2.25. The third kappa shape index (κ3) is 5.52. The summed E-state index contributed by atoms with van der Waals surface area (Å²) in [5.41, 5.74) is 9.77. The van der Waals surface area contributed by atoms with Crippen molar-refractivity contribution < 1.29 is 4.79 Å². The number of anilines is 2. The molecule has 3 aromatic rings. The second-order valence-electron chi connectivity index (χ2n) is 10.7. The molecule has 0 radical (unpaired) electrons. The third-order valence-corrected chi connectivity index (χ3v) is 8.16. The molecule has 0 bridgehead atoms. The van der Waals surface area contributed by atoms with Crippen LogP contribution in [0.25, 0.3) is 0 Å². The Balaban J connectivity index is 1.22. The largest absolute Gasteiger partial charge is 0.369 e. The van der Waals surface area contributed by atoms with E-state index in [-0.39, 0.29) is 5.91 Å². The van der Waals surface area contributed by atoms with Gasteiger partial charge in [-0.05, 0) is 73.7 Å². The van der Waals surface area contributed by atoms with Crippen LogP contribution in [0.15, 0.2) is 60.7 Å². The molecular weight excluding hydrogens is 456 g/mol. The fourth-order valence-corrected chi connectivity index (χ4v) is 5.84. The zero-order chi connectivity index (χ0) is 25.9. The fourth-order valence-electron chi connectivity index (χ4n) is 5.84. The number of hydrogen-bond acceptors (Lipinski definition) is 4. The van der Waals surface area contributed by atoms with Crippen molar-refractivity contribution in [2.24, 2.45) is 0 Å². The minimum atomic E-state index is 0.174. The molecular formula is C32H40N4O. The van der Waals surface area contributed by atoms with E-state index in [9.17, 15) is 4.79 Å². The number of para-hydroxylation sites is 2. The summed E-state index contributed by atoms with van der Waals surface area (Å²) in [5.74, 6) is 0.174. The molecule has 0 atom stereocenters. The summed E-state index contributed by atoms with van der Waals surface area (Å²) in [4.78, 5) is 23.1. The molecule has 194 valence electrons. The molecule has 0 unspecified atom stereocenters. The van der Waals surface area contributed by atoms with Gasteiger partial charge in [0.15, 0.2) is 0 Å². The predicted octanol–water partition coefficient (Wildman–Crippen LogP) is 5.20. The van der Waals surface area contributed by atoms with Crippen molar-refractivity contribution in [2.45, 2.75) is 34.2 Å². The first-order valence-electron chi connectivity index (χ1n) is 13.6. The van der Waals surface area contributed by atoms with Crippen molar-refractivity contribution >= 4 is 17.3 Å². The summed E-state index contributed by atoms with van der Waals surface area (Å²) in [6.07, 6.45) is 0. The minimum absolute atomic E-state index is 0.174. The van der Waals surface area contributed by atoms with Crippen LogP contribution in [-0.4, -0.2) is 68.1 Å². The van der Waals surface area contributed by atoms with Crippen molar-refractivity contribution in [1.82, 2.24) is 9.80 Å². The van der Waals surface area contributed by atoms with Crippen LogP contribution in [0.5, 0.6) is 0 Å². The van der Waals surface area contributed by atoms with Gasteiger partial charge in [-0.25, -0.2) is 0 Å². The lowest BCUT2D eigenvalue weighted by Gasteiger charge is -2.37. The second kappa shape index (κ2) is 11.0. The molecule has 5 heteroatoms. The lowest BCUT2D eigenvalue weighted by atomic mass is 9.98. The summed E-state index contributed by atoms with van der Waals surface area (Å²) < 4.78 is 0. The maximum atomic E-state index is 13.6. The number of piperazine rings is 2. The zero-order valence-corrected chi connectivity index (χ0v) is 22.8. The predicted molar refractivity (Wildman–Crippen MR) is 154 cm³/mol. The van der Waals surface area contributed by atoms with Gasteiger partial charge in [0, 0.05) is 75.8 Å². The zero-order valence-electron chi connectivity index (χ0n) is 22.8. The van der Waals surface area contributed by atoms with Crippen molar-refractivity contribution in [2.75, 3.05) is 62.2 Å². The van der Waals surface area contributed by atoms with Gasteiger partial charge in [0.25, 0.3) is 5.91 Å². The highest BCUT2D eigenvalue weighted by molar-refractivity contribution is 5.96. The van der Waals surface area contributed by atoms with Gasteiger partial charge in [0.1, 0.15) is 0 Å². The van der Waals surface area contributed by atoms with Gasteiger partial charge >= 0.3 is 0 Å². The van der Waals surface area contributed by atoms with Crippen LogP contribution < -0.4 is 9.80 Å². The second-order valence-corrected chi connectivity index (χ2v) is 10.7. The van der Waals surface area contributed by atoms with E-state index >= 15 is 0 Å². The van der Waals surface area contributed by atoms with Crippen molar-refractivity contribution in [3.05, 3.63) is 94.0 Å². The maximum Gasteiger partial charge on any atom is 0.254 e. The molecule has 2 saturated heterocycles. The van der Waals surface area contributed by atoms with Crippen molar-refractivity contribution in [3.63, 3.8) is 0 Å². The number of hydrogen-bond donors (Lipinski definition) is 0. The van der Waals surface area contributed by atoms with E-state index < -0.39 is 0 Å². The number of benzene rings is 3. The average Bonchev–Trinajstić information content (AvgIpc) is 2.91. The molecule has 2 heterocycles. The monoisotopic (exact) mass is 496 g/mol. The van der Waals surface area contributed by atoms with Gasteiger partial charge in [0.2, 0.25) is 0 Å². The van der Waals surface area contributed by atoms with Crippen LogP contribution in [0.1, 0.15) is 38.2 Å². The molecule has 2 fully saturated rings. The SMILES string of the molecule is Cc1cc(C)c(C(=O)N2CCN(c3ccccc3C)CC2)cc1CN1CCN(c2ccccc2C)CC1. The number of aryl methyl sites for hydroxylation is 4. The van der Waals surface area contributed by atoms with Crippen LogP contribution in [0.2, 0.25) is 0 Å². The highest BCUT2D eigenvalue weighted by Gasteiger charge is 2.25. The van der Waals surface area contributed by atoms with Crippen LogP contribution in [0, 0.1) is 27.7 Å². The molecule has 0 spiro atoms. The van der Waals surface area contributed by atoms with Gasteiger partial charge in [-0.2, -0.15) is 0 Å². The molecule has 2 aliphatic rings. The van der Waals surface area contributed by atoms with E-state index in [0.717, 1.165) is 70.0 Å². The number of nitrogens with zero attached hydrogens (tertiary/aromatic N) is 4. The van der Waals surface area contributed by atoms with E-state index in [4.69, 9.17) is 0 Å². The van der Waals surface area contributed by atoms with Crippen LogP contribution >= 0.6 is 0 Å². The van der Waals surface area contributed by atoms with Crippen molar-refractivity contribution in [1.29, 1.82) is 0 Å². The van der Waals surface area contributed by atoms with Crippen molar-refractivity contribution in [3.8, 4) is 0 Å². The molecule has 1 amide bonds. The van der Waals surface area contributed by atoms with Crippen LogP contribution in [0.4, 0.5) is 11.4 Å². The molecule has 5 rings (SSSR count). The first-order valence-corrected chi connectivity index (χ1v) is 13.6. The summed E-state index contributed by atoms with van der Waals surface area (Å²) in [7, 11) is 0. The van der Waals surface area contributed by atoms with Gasteiger partial charge < -0.3 is 14.7 Å². The highest BCUT2D eigenvalue weighted by atomic mass is 16.2. The van der Waals surface area contributed by atoms with E-state index in [1.807, 2.05) is 4.90 Å². The van der Waals surface area contributed by atoms with Gasteiger partial charge in [-0.1, -0.05) is 42.5 Å². The normalized spacial score (nSPS) is 16.8. The average molecular weight is 497 g/mol. The topological polar surface area (TPSA) is 30.0 Å². The van der Waals surface area contributed by atoms with E-state index in [2.05, 4.69) is 103 Å². The summed E-state index contributed by atoms with van der Waals surface area (Å²) in [6.45, 7) is 16.9. The molecule has 0 aromatic heterocycles. The van der Waals surface area contributed by atoms with Gasteiger partial charge in [0.05, 0.1) is 0 Å². The Morgan fingerprint density at radius 3 is 1.68 bits per heavy atom. The molecule has 0 saturated carbocycles. The molecule has 3 aromatic carbocycles. The summed E-state index contributed by atoms with van der Waals surface area (Å²) in [5, 5.41) is 0.